The molecule has 0 aliphatic heterocycles. The highest BCUT2D eigenvalue weighted by molar-refractivity contribution is 5.74. The second kappa shape index (κ2) is 8.53. The van der Waals surface area contributed by atoms with E-state index in [1.165, 1.54) is 32.1 Å². The molecule has 94 valence electrons. The molecule has 1 N–H and O–H groups in total. The van der Waals surface area contributed by atoms with Crippen LogP contribution in [0.3, 0.4) is 0 Å². The zero-order chi connectivity index (χ0) is 11.6. The summed E-state index contributed by atoms with van der Waals surface area (Å²) in [5.74, 6) is 0.736. The topological polar surface area (TPSA) is 47.6 Å². The standard InChI is InChI=1S/C12H23NO3/c1-15-9-10-16-13-12(14)8-7-11-5-3-2-4-6-11/h11H,2-10H2,1H3,(H,13,14). The molecule has 1 aliphatic rings. The van der Waals surface area contributed by atoms with Crippen LogP contribution >= 0.6 is 0 Å². The molecule has 0 aromatic heterocycles. The van der Waals surface area contributed by atoms with Crippen molar-refractivity contribution in [3.63, 3.8) is 0 Å². The molecule has 1 saturated carbocycles. The van der Waals surface area contributed by atoms with Crippen LogP contribution in [0.2, 0.25) is 0 Å². The Bertz CT molecular complexity index is 191. The van der Waals surface area contributed by atoms with Crippen LogP contribution in [0.15, 0.2) is 0 Å². The zero-order valence-corrected chi connectivity index (χ0v) is 10.2. The zero-order valence-electron chi connectivity index (χ0n) is 10.2. The predicted octanol–water partition coefficient (Wildman–Crippen LogP) is 2.04. The van der Waals surface area contributed by atoms with Crippen molar-refractivity contribution in [3.05, 3.63) is 0 Å². The lowest BCUT2D eigenvalue weighted by molar-refractivity contribution is -0.134. The maximum atomic E-state index is 11.4. The van der Waals surface area contributed by atoms with Crippen LogP contribution in [0.25, 0.3) is 0 Å². The molecule has 16 heavy (non-hydrogen) atoms. The third-order valence-corrected chi connectivity index (χ3v) is 3.08. The van der Waals surface area contributed by atoms with Gasteiger partial charge in [-0.1, -0.05) is 32.1 Å². The molecule has 0 spiro atoms. The fraction of sp³-hybridized carbons (Fsp3) is 0.917. The van der Waals surface area contributed by atoms with Gasteiger partial charge in [0.05, 0.1) is 13.2 Å². The van der Waals surface area contributed by atoms with E-state index in [1.54, 1.807) is 7.11 Å². The van der Waals surface area contributed by atoms with Gasteiger partial charge in [0.1, 0.15) is 0 Å². The van der Waals surface area contributed by atoms with Crippen molar-refractivity contribution in [2.24, 2.45) is 5.92 Å². The molecule has 1 rings (SSSR count). The molecule has 0 aromatic rings. The summed E-state index contributed by atoms with van der Waals surface area (Å²) in [6.45, 7) is 0.911. The van der Waals surface area contributed by atoms with E-state index in [-0.39, 0.29) is 5.91 Å². The van der Waals surface area contributed by atoms with Gasteiger partial charge in [-0.05, 0) is 12.3 Å². The first-order valence-electron chi connectivity index (χ1n) is 6.22. The Morgan fingerprint density at radius 3 is 2.69 bits per heavy atom. The Morgan fingerprint density at radius 2 is 2.00 bits per heavy atom. The van der Waals surface area contributed by atoms with E-state index in [2.05, 4.69) is 5.48 Å². The Morgan fingerprint density at radius 1 is 1.25 bits per heavy atom. The third-order valence-electron chi connectivity index (χ3n) is 3.08. The highest BCUT2D eigenvalue weighted by Crippen LogP contribution is 2.27. The molecule has 0 bridgehead atoms. The second-order valence-electron chi connectivity index (χ2n) is 4.41. The van der Waals surface area contributed by atoms with E-state index < -0.39 is 0 Å². The first-order chi connectivity index (χ1) is 7.83. The van der Waals surface area contributed by atoms with Crippen LogP contribution in [0.1, 0.15) is 44.9 Å². The minimum absolute atomic E-state index is 0.0123. The van der Waals surface area contributed by atoms with Crippen LogP contribution in [0, 0.1) is 5.92 Å². The van der Waals surface area contributed by atoms with Gasteiger partial charge in [0.25, 0.3) is 0 Å². The van der Waals surface area contributed by atoms with Crippen molar-refractivity contribution < 1.29 is 14.4 Å². The van der Waals surface area contributed by atoms with Crippen molar-refractivity contribution in [1.29, 1.82) is 0 Å². The van der Waals surface area contributed by atoms with Crippen molar-refractivity contribution in [2.75, 3.05) is 20.3 Å². The Balaban J connectivity index is 1.96. The lowest BCUT2D eigenvalue weighted by Crippen LogP contribution is -2.25. The largest absolute Gasteiger partial charge is 0.382 e. The summed E-state index contributed by atoms with van der Waals surface area (Å²) in [5, 5.41) is 0. The van der Waals surface area contributed by atoms with Crippen molar-refractivity contribution in [2.45, 2.75) is 44.9 Å². The van der Waals surface area contributed by atoms with Crippen LogP contribution < -0.4 is 5.48 Å². The summed E-state index contributed by atoms with van der Waals surface area (Å²) in [6, 6.07) is 0. The fourth-order valence-corrected chi connectivity index (χ4v) is 2.12. The molecule has 0 atom stereocenters. The van der Waals surface area contributed by atoms with Crippen LogP contribution in [-0.2, 0) is 14.4 Å². The quantitative estimate of drug-likeness (QED) is 0.537. The maximum Gasteiger partial charge on any atom is 0.243 e. The van der Waals surface area contributed by atoms with Gasteiger partial charge in [0.2, 0.25) is 5.91 Å². The highest BCUT2D eigenvalue weighted by atomic mass is 16.7. The lowest BCUT2D eigenvalue weighted by atomic mass is 9.86. The second-order valence-corrected chi connectivity index (χ2v) is 4.41. The molecule has 1 aliphatic carbocycles. The SMILES string of the molecule is COCCONC(=O)CCC1CCCCC1. The van der Waals surface area contributed by atoms with Gasteiger partial charge in [-0.25, -0.2) is 5.48 Å². The highest BCUT2D eigenvalue weighted by Gasteiger charge is 2.14. The summed E-state index contributed by atoms with van der Waals surface area (Å²) in [5.41, 5.74) is 2.44. The van der Waals surface area contributed by atoms with Crippen LogP contribution in [0.5, 0.6) is 0 Å². The monoisotopic (exact) mass is 229 g/mol. The summed E-state index contributed by atoms with van der Waals surface area (Å²) < 4.78 is 4.80. The summed E-state index contributed by atoms with van der Waals surface area (Å²) >= 11 is 0. The molecular weight excluding hydrogens is 206 g/mol. The van der Waals surface area contributed by atoms with Gasteiger partial charge in [-0.2, -0.15) is 0 Å². The lowest BCUT2D eigenvalue weighted by Gasteiger charge is -2.20. The first-order valence-corrected chi connectivity index (χ1v) is 6.22. The molecule has 0 heterocycles. The molecule has 0 saturated heterocycles. The smallest absolute Gasteiger partial charge is 0.243 e. The van der Waals surface area contributed by atoms with E-state index in [0.717, 1.165) is 12.3 Å². The third kappa shape index (κ3) is 6.08. The molecule has 0 aromatic carbocycles. The number of hydrogen-bond acceptors (Lipinski definition) is 3. The summed E-state index contributed by atoms with van der Waals surface area (Å²) in [7, 11) is 1.61. The van der Waals surface area contributed by atoms with E-state index in [9.17, 15) is 4.79 Å². The predicted molar refractivity (Wildman–Crippen MR) is 61.8 cm³/mol. The minimum atomic E-state index is -0.0123. The number of methoxy groups -OCH3 is 1. The molecule has 0 radical (unpaired) electrons. The molecule has 4 nitrogen and oxygen atoms in total. The number of nitrogens with one attached hydrogen (secondary N) is 1. The van der Waals surface area contributed by atoms with Crippen molar-refractivity contribution in [1.82, 2.24) is 5.48 Å². The van der Waals surface area contributed by atoms with E-state index in [4.69, 9.17) is 9.57 Å². The van der Waals surface area contributed by atoms with Crippen LogP contribution in [-0.4, -0.2) is 26.2 Å². The van der Waals surface area contributed by atoms with Gasteiger partial charge in [0.15, 0.2) is 0 Å². The average Bonchev–Trinajstić information content (AvgIpc) is 2.33. The number of hydroxylamine groups is 1. The number of carbonyl (C=O) groups is 1. The molecule has 1 fully saturated rings. The van der Waals surface area contributed by atoms with Crippen molar-refractivity contribution >= 4 is 5.91 Å². The average molecular weight is 229 g/mol. The van der Waals surface area contributed by atoms with E-state index >= 15 is 0 Å². The first kappa shape index (κ1) is 13.5. The van der Waals surface area contributed by atoms with Crippen LogP contribution in [0.4, 0.5) is 0 Å². The molecule has 4 heteroatoms. The number of carbonyl (C=O) groups excluding carboxylic acids is 1. The number of ether oxygens (including phenoxy) is 1. The number of hydrogen-bond donors (Lipinski definition) is 1. The number of rotatable bonds is 7. The Hall–Kier alpha value is -0.610. The minimum Gasteiger partial charge on any atom is -0.382 e. The molecule has 0 unspecified atom stereocenters. The Kier molecular flexibility index (Phi) is 7.17. The Labute approximate surface area is 97.6 Å². The summed E-state index contributed by atoms with van der Waals surface area (Å²) in [4.78, 5) is 16.3. The van der Waals surface area contributed by atoms with Crippen molar-refractivity contribution in [3.8, 4) is 0 Å². The van der Waals surface area contributed by atoms with Gasteiger partial charge in [0, 0.05) is 13.5 Å². The summed E-state index contributed by atoms with van der Waals surface area (Å²) in [6.07, 6.45) is 8.18. The van der Waals surface area contributed by atoms with Gasteiger partial charge in [-0.3, -0.25) is 9.63 Å². The van der Waals surface area contributed by atoms with Gasteiger partial charge in [-0.15, -0.1) is 0 Å². The molecule has 1 amide bonds. The maximum absolute atomic E-state index is 11.4. The number of amides is 1. The van der Waals surface area contributed by atoms with E-state index in [0.29, 0.717) is 19.6 Å². The molecular formula is C12H23NO3. The fourth-order valence-electron chi connectivity index (χ4n) is 2.12. The van der Waals surface area contributed by atoms with Gasteiger partial charge < -0.3 is 4.74 Å². The van der Waals surface area contributed by atoms with Gasteiger partial charge >= 0.3 is 0 Å². The normalized spacial score (nSPS) is 17.3. The van der Waals surface area contributed by atoms with E-state index in [1.807, 2.05) is 0 Å².